The maximum atomic E-state index is 12.5. The van der Waals surface area contributed by atoms with E-state index in [2.05, 4.69) is 15.0 Å². The monoisotopic (exact) mass is 540 g/mol. The SMILES string of the molecule is Nc1ncnc2c1nc(Sc1cc(Cl)cc(Cl)c1)n2CCCCCCN1C(=O)c2ccccc2C1=O. The zero-order valence-corrected chi connectivity index (χ0v) is 21.5. The second kappa shape index (κ2) is 10.5. The predicted molar refractivity (Wildman–Crippen MR) is 141 cm³/mol. The van der Waals surface area contributed by atoms with Crippen molar-refractivity contribution in [1.82, 2.24) is 24.4 Å². The first-order valence-corrected chi connectivity index (χ1v) is 13.1. The highest BCUT2D eigenvalue weighted by molar-refractivity contribution is 7.99. The number of carbonyl (C=O) groups is 2. The fourth-order valence-electron chi connectivity index (χ4n) is 4.24. The van der Waals surface area contributed by atoms with E-state index in [1.165, 1.54) is 23.0 Å². The fraction of sp³-hybridized carbons (Fsp3) is 0.240. The number of nitrogens with two attached hydrogens (primary N) is 1. The molecule has 0 unspecified atom stereocenters. The zero-order valence-electron chi connectivity index (χ0n) is 19.2. The number of aromatic nitrogens is 4. The molecule has 2 N–H and O–H groups in total. The van der Waals surface area contributed by atoms with Gasteiger partial charge in [0.1, 0.15) is 6.33 Å². The van der Waals surface area contributed by atoms with Crippen LogP contribution in [0.3, 0.4) is 0 Å². The van der Waals surface area contributed by atoms with E-state index in [-0.39, 0.29) is 11.8 Å². The van der Waals surface area contributed by atoms with Gasteiger partial charge in [-0.1, -0.05) is 59.9 Å². The Bertz CT molecular complexity index is 1420. The van der Waals surface area contributed by atoms with Crippen LogP contribution in [-0.2, 0) is 6.54 Å². The third-order valence-electron chi connectivity index (χ3n) is 5.96. The Labute approximate surface area is 221 Å². The quantitative estimate of drug-likeness (QED) is 0.213. The summed E-state index contributed by atoms with van der Waals surface area (Å²) in [6.45, 7) is 1.09. The Morgan fingerprint density at radius 2 is 1.50 bits per heavy atom. The van der Waals surface area contributed by atoms with Gasteiger partial charge in [-0.25, -0.2) is 15.0 Å². The highest BCUT2D eigenvalue weighted by Gasteiger charge is 2.34. The topological polar surface area (TPSA) is 107 Å². The van der Waals surface area contributed by atoms with Gasteiger partial charge in [0.15, 0.2) is 22.1 Å². The molecule has 0 radical (unpaired) electrons. The lowest BCUT2D eigenvalue weighted by molar-refractivity contribution is 0.0651. The van der Waals surface area contributed by atoms with Crippen LogP contribution in [-0.4, -0.2) is 42.8 Å². The zero-order chi connectivity index (χ0) is 25.2. The smallest absolute Gasteiger partial charge is 0.261 e. The van der Waals surface area contributed by atoms with Crippen LogP contribution >= 0.6 is 35.0 Å². The minimum absolute atomic E-state index is 0.208. The van der Waals surface area contributed by atoms with Crippen molar-refractivity contribution in [1.29, 1.82) is 0 Å². The van der Waals surface area contributed by atoms with Crippen LogP contribution in [0.1, 0.15) is 46.4 Å². The van der Waals surface area contributed by atoms with Gasteiger partial charge in [-0.05, 0) is 43.2 Å². The summed E-state index contributed by atoms with van der Waals surface area (Å²) in [6, 6.07) is 12.3. The molecule has 8 nitrogen and oxygen atoms in total. The van der Waals surface area contributed by atoms with Crippen LogP contribution in [0, 0.1) is 0 Å². The van der Waals surface area contributed by atoms with Gasteiger partial charge in [0.25, 0.3) is 11.8 Å². The van der Waals surface area contributed by atoms with Gasteiger partial charge < -0.3 is 10.3 Å². The number of anilines is 1. The highest BCUT2D eigenvalue weighted by Crippen LogP contribution is 2.34. The molecule has 0 fully saturated rings. The van der Waals surface area contributed by atoms with Crippen molar-refractivity contribution in [2.45, 2.75) is 42.3 Å². The van der Waals surface area contributed by atoms with Crippen LogP contribution < -0.4 is 5.73 Å². The van der Waals surface area contributed by atoms with Crippen LogP contribution in [0.15, 0.2) is 58.8 Å². The fourth-order valence-corrected chi connectivity index (χ4v) is 5.90. The third kappa shape index (κ3) is 4.91. The lowest BCUT2D eigenvalue weighted by Gasteiger charge is -2.13. The van der Waals surface area contributed by atoms with E-state index in [0.717, 1.165) is 35.7 Å². The number of hydrogen-bond acceptors (Lipinski definition) is 7. The number of imidazole rings is 1. The van der Waals surface area contributed by atoms with Gasteiger partial charge in [-0.15, -0.1) is 0 Å². The number of benzene rings is 2. The van der Waals surface area contributed by atoms with Crippen molar-refractivity contribution in [3.63, 3.8) is 0 Å². The maximum absolute atomic E-state index is 12.5. The van der Waals surface area contributed by atoms with E-state index in [1.54, 1.807) is 30.3 Å². The van der Waals surface area contributed by atoms with E-state index in [1.807, 2.05) is 16.7 Å². The molecule has 0 spiro atoms. The lowest BCUT2D eigenvalue weighted by atomic mass is 10.1. The number of halogens is 2. The first kappa shape index (κ1) is 24.5. The largest absolute Gasteiger partial charge is 0.382 e. The van der Waals surface area contributed by atoms with Crippen molar-refractivity contribution in [2.75, 3.05) is 12.3 Å². The summed E-state index contributed by atoms with van der Waals surface area (Å²) in [5.74, 6) is -0.0910. The van der Waals surface area contributed by atoms with Gasteiger partial charge >= 0.3 is 0 Å². The molecule has 184 valence electrons. The van der Waals surface area contributed by atoms with E-state index >= 15 is 0 Å². The van der Waals surface area contributed by atoms with Crippen molar-refractivity contribution in [3.8, 4) is 0 Å². The molecule has 5 rings (SSSR count). The number of rotatable bonds is 9. The second-order valence-electron chi connectivity index (χ2n) is 8.41. The molecule has 0 aliphatic carbocycles. The van der Waals surface area contributed by atoms with Crippen molar-refractivity contribution < 1.29 is 9.59 Å². The summed E-state index contributed by atoms with van der Waals surface area (Å²) in [7, 11) is 0. The summed E-state index contributed by atoms with van der Waals surface area (Å²) in [4.78, 5) is 40.4. The van der Waals surface area contributed by atoms with Crippen LogP contribution in [0.4, 0.5) is 5.82 Å². The van der Waals surface area contributed by atoms with Gasteiger partial charge in [0, 0.05) is 28.0 Å². The minimum Gasteiger partial charge on any atom is -0.382 e. The molecular formula is C25H22Cl2N6O2S. The Balaban J connectivity index is 1.21. The maximum Gasteiger partial charge on any atom is 0.261 e. The predicted octanol–water partition coefficient (Wildman–Crippen LogP) is 5.72. The second-order valence-corrected chi connectivity index (χ2v) is 10.3. The number of nitrogen functional groups attached to an aromatic ring is 1. The Morgan fingerprint density at radius 3 is 2.17 bits per heavy atom. The Kier molecular flexibility index (Phi) is 7.13. The third-order valence-corrected chi connectivity index (χ3v) is 7.36. The Hall–Kier alpha value is -3.14. The summed E-state index contributed by atoms with van der Waals surface area (Å²) in [6.07, 6.45) is 4.83. The summed E-state index contributed by atoms with van der Waals surface area (Å²) in [5.41, 5.74) is 8.25. The molecule has 36 heavy (non-hydrogen) atoms. The number of carbonyl (C=O) groups excluding carboxylic acids is 2. The molecule has 0 atom stereocenters. The number of amides is 2. The molecule has 2 amide bonds. The molecule has 1 aliphatic heterocycles. The average molecular weight is 541 g/mol. The van der Waals surface area contributed by atoms with E-state index in [0.29, 0.717) is 51.2 Å². The molecule has 0 saturated carbocycles. The van der Waals surface area contributed by atoms with Crippen LogP contribution in [0.2, 0.25) is 10.0 Å². The van der Waals surface area contributed by atoms with Gasteiger partial charge in [-0.3, -0.25) is 14.5 Å². The Morgan fingerprint density at radius 1 is 0.861 bits per heavy atom. The average Bonchev–Trinajstić information content (AvgIpc) is 3.31. The molecule has 2 aromatic carbocycles. The van der Waals surface area contributed by atoms with Gasteiger partial charge in [0.2, 0.25) is 0 Å². The molecule has 1 aliphatic rings. The number of unbranched alkanes of at least 4 members (excludes halogenated alkanes) is 3. The van der Waals surface area contributed by atoms with Crippen molar-refractivity contribution in [3.05, 3.63) is 70.0 Å². The number of fused-ring (bicyclic) bond motifs is 2. The number of aryl methyl sites for hydroxylation is 1. The number of nitrogens with zero attached hydrogens (tertiary/aromatic N) is 5. The van der Waals surface area contributed by atoms with Gasteiger partial charge in [-0.2, -0.15) is 0 Å². The highest BCUT2D eigenvalue weighted by atomic mass is 35.5. The molecule has 0 bridgehead atoms. The van der Waals surface area contributed by atoms with Crippen LogP contribution in [0.5, 0.6) is 0 Å². The van der Waals surface area contributed by atoms with E-state index in [4.69, 9.17) is 28.9 Å². The van der Waals surface area contributed by atoms with Crippen molar-refractivity contribution in [2.24, 2.45) is 0 Å². The molecular weight excluding hydrogens is 519 g/mol. The van der Waals surface area contributed by atoms with Crippen molar-refractivity contribution >= 4 is 63.8 Å². The van der Waals surface area contributed by atoms with Crippen LogP contribution in [0.25, 0.3) is 11.2 Å². The number of imide groups is 1. The summed E-state index contributed by atoms with van der Waals surface area (Å²) in [5, 5.41) is 1.82. The summed E-state index contributed by atoms with van der Waals surface area (Å²) >= 11 is 13.8. The molecule has 2 aromatic heterocycles. The summed E-state index contributed by atoms with van der Waals surface area (Å²) < 4.78 is 2.02. The molecule has 11 heteroatoms. The molecule has 0 saturated heterocycles. The first-order chi connectivity index (χ1) is 17.4. The standard InChI is InChI=1S/C25H22Cl2N6O2S/c26-15-11-16(27)13-17(12-15)36-25-31-20-21(28)29-14-30-22(20)32(25)9-5-1-2-6-10-33-23(34)18-7-3-4-8-19(18)24(33)35/h3-4,7-8,11-14H,1-2,5-6,9-10H2,(H2,28,29,30). The first-order valence-electron chi connectivity index (χ1n) is 11.5. The normalized spacial score (nSPS) is 13.1. The lowest BCUT2D eigenvalue weighted by Crippen LogP contribution is -2.30. The minimum atomic E-state index is -0.208. The van der Waals surface area contributed by atoms with Gasteiger partial charge in [0.05, 0.1) is 11.1 Å². The van der Waals surface area contributed by atoms with E-state index < -0.39 is 0 Å². The molecule has 3 heterocycles. The van der Waals surface area contributed by atoms with E-state index in [9.17, 15) is 9.59 Å². The molecule has 4 aromatic rings. The number of hydrogen-bond donors (Lipinski definition) is 1.